The topological polar surface area (TPSA) is 32.3 Å². The molecule has 1 atom stereocenters. The molecule has 1 aliphatic heterocycles. The van der Waals surface area contributed by atoms with Crippen molar-refractivity contribution in [1.82, 2.24) is 4.90 Å². The highest BCUT2D eigenvalue weighted by Crippen LogP contribution is 2.22. The molecule has 3 nitrogen and oxygen atoms in total. The first-order valence-electron chi connectivity index (χ1n) is 8.76. The van der Waals surface area contributed by atoms with Gasteiger partial charge >= 0.3 is 0 Å². The summed E-state index contributed by atoms with van der Waals surface area (Å²) in [6.07, 6.45) is 2.06. The van der Waals surface area contributed by atoms with Crippen molar-refractivity contribution in [3.8, 4) is 0 Å². The number of hydrogen-bond donors (Lipinski definition) is 1. The van der Waals surface area contributed by atoms with Gasteiger partial charge in [0.05, 0.1) is 5.92 Å². The van der Waals surface area contributed by atoms with E-state index in [1.807, 2.05) is 30.3 Å². The molecule has 3 heteroatoms. The molecule has 1 amide bonds. The number of benzene rings is 2. The number of nitrogens with zero attached hydrogens (tertiary/aromatic N) is 1. The molecule has 3 rings (SSSR count). The molecule has 24 heavy (non-hydrogen) atoms. The fourth-order valence-corrected chi connectivity index (χ4v) is 3.39. The zero-order valence-corrected chi connectivity index (χ0v) is 14.6. The van der Waals surface area contributed by atoms with E-state index in [1.54, 1.807) is 0 Å². The molecule has 1 fully saturated rings. The number of nitrogens with one attached hydrogen (secondary N) is 1. The third-order valence-electron chi connectivity index (χ3n) is 4.82. The molecule has 0 aliphatic carbocycles. The van der Waals surface area contributed by atoms with Crippen LogP contribution >= 0.6 is 0 Å². The van der Waals surface area contributed by atoms with Gasteiger partial charge in [-0.3, -0.25) is 9.69 Å². The lowest BCUT2D eigenvalue weighted by Crippen LogP contribution is -2.40. The number of rotatable bonds is 4. The monoisotopic (exact) mass is 322 g/mol. The maximum Gasteiger partial charge on any atom is 0.228 e. The lowest BCUT2D eigenvalue weighted by Gasteiger charge is -2.32. The van der Waals surface area contributed by atoms with Gasteiger partial charge in [0.1, 0.15) is 0 Å². The molecule has 1 heterocycles. The number of likely N-dealkylation sites (tertiary alicyclic amines) is 1. The Morgan fingerprint density at radius 2 is 1.96 bits per heavy atom. The smallest absolute Gasteiger partial charge is 0.228 e. The van der Waals surface area contributed by atoms with E-state index in [9.17, 15) is 4.79 Å². The van der Waals surface area contributed by atoms with Gasteiger partial charge in [0, 0.05) is 18.8 Å². The highest BCUT2D eigenvalue weighted by atomic mass is 16.1. The summed E-state index contributed by atoms with van der Waals surface area (Å²) in [6.45, 7) is 7.14. The quantitative estimate of drug-likeness (QED) is 0.917. The van der Waals surface area contributed by atoms with Crippen LogP contribution in [0, 0.1) is 19.8 Å². The molecule has 0 radical (unpaired) electrons. The second-order valence-corrected chi connectivity index (χ2v) is 6.86. The van der Waals surface area contributed by atoms with Crippen LogP contribution in [0.4, 0.5) is 5.69 Å². The Morgan fingerprint density at radius 1 is 1.17 bits per heavy atom. The van der Waals surface area contributed by atoms with Crippen molar-refractivity contribution in [1.29, 1.82) is 0 Å². The Kier molecular flexibility index (Phi) is 5.31. The van der Waals surface area contributed by atoms with E-state index in [-0.39, 0.29) is 11.8 Å². The van der Waals surface area contributed by atoms with E-state index in [2.05, 4.69) is 42.3 Å². The first kappa shape index (κ1) is 16.7. The van der Waals surface area contributed by atoms with Crippen LogP contribution in [0.2, 0.25) is 0 Å². The number of piperidine rings is 1. The SMILES string of the molecule is Cc1ccc(C)c(CN2CCCC(C(=O)Nc3ccccc3)C2)c1. The molecule has 1 unspecified atom stereocenters. The zero-order valence-electron chi connectivity index (χ0n) is 14.6. The largest absolute Gasteiger partial charge is 0.326 e. The van der Waals surface area contributed by atoms with Crippen LogP contribution in [0.5, 0.6) is 0 Å². The second kappa shape index (κ2) is 7.63. The van der Waals surface area contributed by atoms with Gasteiger partial charge in [-0.05, 0) is 56.5 Å². The molecule has 0 aromatic heterocycles. The molecule has 1 N–H and O–H groups in total. The summed E-state index contributed by atoms with van der Waals surface area (Å²) >= 11 is 0. The Hall–Kier alpha value is -2.13. The lowest BCUT2D eigenvalue weighted by atomic mass is 9.96. The van der Waals surface area contributed by atoms with Gasteiger partial charge in [-0.25, -0.2) is 0 Å². The van der Waals surface area contributed by atoms with Gasteiger partial charge in [0.15, 0.2) is 0 Å². The number of amides is 1. The van der Waals surface area contributed by atoms with E-state index in [0.717, 1.165) is 38.2 Å². The summed E-state index contributed by atoms with van der Waals surface area (Å²) in [5.41, 5.74) is 4.88. The molecular weight excluding hydrogens is 296 g/mol. The zero-order chi connectivity index (χ0) is 16.9. The molecule has 0 saturated carbocycles. The fourth-order valence-electron chi connectivity index (χ4n) is 3.39. The molecule has 126 valence electrons. The maximum atomic E-state index is 12.5. The summed E-state index contributed by atoms with van der Waals surface area (Å²) < 4.78 is 0. The van der Waals surface area contributed by atoms with Crippen LogP contribution in [-0.2, 0) is 11.3 Å². The van der Waals surface area contributed by atoms with E-state index < -0.39 is 0 Å². The molecule has 1 aliphatic rings. The second-order valence-electron chi connectivity index (χ2n) is 6.86. The third-order valence-corrected chi connectivity index (χ3v) is 4.82. The number of hydrogen-bond acceptors (Lipinski definition) is 2. The van der Waals surface area contributed by atoms with E-state index in [0.29, 0.717) is 0 Å². The summed E-state index contributed by atoms with van der Waals surface area (Å²) in [5, 5.41) is 3.05. The minimum absolute atomic E-state index is 0.0732. The van der Waals surface area contributed by atoms with Crippen LogP contribution in [0.15, 0.2) is 48.5 Å². The average molecular weight is 322 g/mol. The van der Waals surface area contributed by atoms with Crippen LogP contribution in [0.25, 0.3) is 0 Å². The van der Waals surface area contributed by atoms with Gasteiger partial charge in [0.2, 0.25) is 5.91 Å². The standard InChI is InChI=1S/C21H26N2O/c1-16-10-11-17(2)19(13-16)15-23-12-6-7-18(14-23)21(24)22-20-8-4-3-5-9-20/h3-5,8-11,13,18H,6-7,12,14-15H2,1-2H3,(H,22,24). The summed E-state index contributed by atoms with van der Waals surface area (Å²) in [7, 11) is 0. The first-order valence-corrected chi connectivity index (χ1v) is 8.76. The van der Waals surface area contributed by atoms with E-state index in [4.69, 9.17) is 0 Å². The van der Waals surface area contributed by atoms with Gasteiger partial charge in [-0.2, -0.15) is 0 Å². The van der Waals surface area contributed by atoms with Crippen LogP contribution in [-0.4, -0.2) is 23.9 Å². The van der Waals surface area contributed by atoms with Crippen LogP contribution in [0.1, 0.15) is 29.5 Å². The van der Waals surface area contributed by atoms with Crippen molar-refractivity contribution >= 4 is 11.6 Å². The summed E-state index contributed by atoms with van der Waals surface area (Å²) in [5.74, 6) is 0.218. The van der Waals surface area contributed by atoms with E-state index in [1.165, 1.54) is 16.7 Å². The first-order chi connectivity index (χ1) is 11.6. The number of carbonyl (C=O) groups is 1. The Balaban J connectivity index is 1.61. The van der Waals surface area contributed by atoms with Gasteiger partial charge in [-0.1, -0.05) is 42.0 Å². The summed E-state index contributed by atoms with van der Waals surface area (Å²) in [6, 6.07) is 16.3. The number of aryl methyl sites for hydroxylation is 2. The van der Waals surface area contributed by atoms with Crippen molar-refractivity contribution in [3.05, 3.63) is 65.2 Å². The Labute approximate surface area is 144 Å². The van der Waals surface area contributed by atoms with Crippen molar-refractivity contribution in [2.75, 3.05) is 18.4 Å². The van der Waals surface area contributed by atoms with E-state index >= 15 is 0 Å². The van der Waals surface area contributed by atoms with Crippen molar-refractivity contribution < 1.29 is 4.79 Å². The van der Waals surface area contributed by atoms with Gasteiger partial charge < -0.3 is 5.32 Å². The fraction of sp³-hybridized carbons (Fsp3) is 0.381. The predicted molar refractivity (Wildman–Crippen MR) is 99.0 cm³/mol. The van der Waals surface area contributed by atoms with Crippen molar-refractivity contribution in [2.24, 2.45) is 5.92 Å². The molecular formula is C21H26N2O. The Morgan fingerprint density at radius 3 is 2.75 bits per heavy atom. The van der Waals surface area contributed by atoms with Crippen LogP contribution < -0.4 is 5.32 Å². The highest BCUT2D eigenvalue weighted by Gasteiger charge is 2.26. The van der Waals surface area contributed by atoms with Crippen molar-refractivity contribution in [2.45, 2.75) is 33.2 Å². The van der Waals surface area contributed by atoms with Crippen LogP contribution in [0.3, 0.4) is 0 Å². The number of anilines is 1. The normalized spacial score (nSPS) is 18.3. The number of para-hydroxylation sites is 1. The summed E-state index contributed by atoms with van der Waals surface area (Å²) in [4.78, 5) is 15.0. The van der Waals surface area contributed by atoms with Crippen molar-refractivity contribution in [3.63, 3.8) is 0 Å². The average Bonchev–Trinajstić information content (AvgIpc) is 2.59. The molecule has 0 spiro atoms. The predicted octanol–water partition coefficient (Wildman–Crippen LogP) is 4.15. The molecule has 1 saturated heterocycles. The minimum atomic E-state index is 0.0732. The maximum absolute atomic E-state index is 12.5. The van der Waals surface area contributed by atoms with Gasteiger partial charge in [-0.15, -0.1) is 0 Å². The highest BCUT2D eigenvalue weighted by molar-refractivity contribution is 5.92. The molecule has 0 bridgehead atoms. The third kappa shape index (κ3) is 4.24. The number of carbonyl (C=O) groups excluding carboxylic acids is 1. The molecule has 2 aromatic rings. The Bertz CT molecular complexity index is 696. The van der Waals surface area contributed by atoms with Gasteiger partial charge in [0.25, 0.3) is 0 Å². The molecule has 2 aromatic carbocycles. The minimum Gasteiger partial charge on any atom is -0.326 e. The lowest BCUT2D eigenvalue weighted by molar-refractivity contribution is -0.121.